The topological polar surface area (TPSA) is 59.8 Å². The van der Waals surface area contributed by atoms with E-state index in [9.17, 15) is 9.18 Å². The van der Waals surface area contributed by atoms with Crippen LogP contribution in [0.25, 0.3) is 17.1 Å². The molecule has 1 unspecified atom stereocenters. The van der Waals surface area contributed by atoms with Crippen molar-refractivity contribution in [2.45, 2.75) is 17.3 Å². The average Bonchev–Trinajstić information content (AvgIpc) is 3.06. The molecule has 0 fully saturated rings. The first kappa shape index (κ1) is 20.9. The summed E-state index contributed by atoms with van der Waals surface area (Å²) in [6, 6.07) is 9.25. The van der Waals surface area contributed by atoms with Gasteiger partial charge < -0.3 is 5.32 Å². The van der Waals surface area contributed by atoms with Crippen molar-refractivity contribution in [3.05, 3.63) is 57.3 Å². The van der Waals surface area contributed by atoms with Gasteiger partial charge in [-0.05, 0) is 43.3 Å². The minimum atomic E-state index is -0.544. The molecule has 0 aliphatic heterocycles. The van der Waals surface area contributed by atoms with E-state index >= 15 is 0 Å². The van der Waals surface area contributed by atoms with Crippen LogP contribution in [0.15, 0.2) is 41.6 Å². The predicted octanol–water partition coefficient (Wildman–Crippen LogP) is 5.26. The average molecular weight is 460 g/mol. The highest BCUT2D eigenvalue weighted by Gasteiger charge is 2.23. The van der Waals surface area contributed by atoms with Gasteiger partial charge in [0.2, 0.25) is 5.91 Å². The molecule has 1 N–H and O–H groups in total. The van der Waals surface area contributed by atoms with Crippen LogP contribution in [0, 0.1) is 5.82 Å². The van der Waals surface area contributed by atoms with Crippen LogP contribution in [0.5, 0.6) is 0 Å². The van der Waals surface area contributed by atoms with Crippen molar-refractivity contribution in [1.29, 1.82) is 0 Å². The monoisotopic (exact) mass is 458 g/mol. The molecule has 146 valence electrons. The molecule has 0 radical (unpaired) electrons. The zero-order chi connectivity index (χ0) is 20.4. The van der Waals surface area contributed by atoms with E-state index in [0.29, 0.717) is 32.3 Å². The number of benzene rings is 2. The number of carbonyl (C=O) groups is 1. The van der Waals surface area contributed by atoms with Crippen LogP contribution in [0.2, 0.25) is 15.1 Å². The summed E-state index contributed by atoms with van der Waals surface area (Å²) in [6.45, 7) is 1.75. The van der Waals surface area contributed by atoms with E-state index in [4.69, 9.17) is 34.8 Å². The third-order valence-corrected chi connectivity index (χ3v) is 5.74. The molecule has 3 rings (SSSR count). The number of hydrogen-bond donors (Lipinski definition) is 1. The molecule has 1 heterocycles. The fourth-order valence-electron chi connectivity index (χ4n) is 2.46. The second kappa shape index (κ2) is 8.69. The third-order valence-electron chi connectivity index (χ3n) is 3.86. The van der Waals surface area contributed by atoms with Gasteiger partial charge in [0.25, 0.3) is 0 Å². The molecule has 28 heavy (non-hydrogen) atoms. The van der Waals surface area contributed by atoms with Gasteiger partial charge in [-0.3, -0.25) is 9.36 Å². The third kappa shape index (κ3) is 4.27. The van der Waals surface area contributed by atoms with Gasteiger partial charge in [0.15, 0.2) is 11.0 Å². The summed E-state index contributed by atoms with van der Waals surface area (Å²) in [5.74, 6) is -0.295. The van der Waals surface area contributed by atoms with E-state index in [1.165, 1.54) is 23.9 Å². The predicted molar refractivity (Wildman–Crippen MR) is 111 cm³/mol. The van der Waals surface area contributed by atoms with Gasteiger partial charge in [-0.25, -0.2) is 4.39 Å². The number of rotatable bonds is 5. The molecule has 0 aliphatic carbocycles. The smallest absolute Gasteiger partial charge is 0.233 e. The summed E-state index contributed by atoms with van der Waals surface area (Å²) >= 11 is 19.5. The highest BCUT2D eigenvalue weighted by atomic mass is 35.5. The van der Waals surface area contributed by atoms with Crippen molar-refractivity contribution in [2.24, 2.45) is 0 Å². The Morgan fingerprint density at radius 3 is 2.54 bits per heavy atom. The van der Waals surface area contributed by atoms with E-state index in [2.05, 4.69) is 15.5 Å². The summed E-state index contributed by atoms with van der Waals surface area (Å²) in [7, 11) is 1.56. The summed E-state index contributed by atoms with van der Waals surface area (Å²) in [5.41, 5.74) is 1.11. The lowest BCUT2D eigenvalue weighted by atomic mass is 10.2. The van der Waals surface area contributed by atoms with Crippen LogP contribution in [-0.2, 0) is 4.79 Å². The largest absolute Gasteiger partial charge is 0.358 e. The molecule has 5 nitrogen and oxygen atoms in total. The molecule has 10 heteroatoms. The quantitative estimate of drug-likeness (QED) is 0.529. The number of halogens is 4. The summed E-state index contributed by atoms with van der Waals surface area (Å²) < 4.78 is 15.3. The van der Waals surface area contributed by atoms with Gasteiger partial charge in [0, 0.05) is 17.6 Å². The van der Waals surface area contributed by atoms with Gasteiger partial charge in [-0.2, -0.15) is 0 Å². The van der Waals surface area contributed by atoms with Gasteiger partial charge in [0.1, 0.15) is 5.82 Å². The molecule has 1 aromatic heterocycles. The Morgan fingerprint density at radius 1 is 1.14 bits per heavy atom. The molecular formula is C18H14Cl3FN4OS. The first-order valence-corrected chi connectivity index (χ1v) is 10.1. The van der Waals surface area contributed by atoms with E-state index in [0.717, 1.165) is 0 Å². The molecule has 0 saturated carbocycles. The zero-order valence-corrected chi connectivity index (χ0v) is 17.8. The second-order valence-corrected chi connectivity index (χ2v) is 8.30. The van der Waals surface area contributed by atoms with Crippen molar-refractivity contribution in [1.82, 2.24) is 20.1 Å². The van der Waals surface area contributed by atoms with Gasteiger partial charge >= 0.3 is 0 Å². The van der Waals surface area contributed by atoms with Crippen LogP contribution in [0.1, 0.15) is 6.92 Å². The number of nitrogens with one attached hydrogen (secondary N) is 1. The van der Waals surface area contributed by atoms with Gasteiger partial charge in [0.05, 0.1) is 21.0 Å². The Kier molecular flexibility index (Phi) is 6.50. The SMILES string of the molecule is CNC(=O)C(C)Sc1nnc(-c2ccc(Cl)cc2Cl)n1-c1ccc(F)c(Cl)c1. The van der Waals surface area contributed by atoms with Crippen LogP contribution >= 0.6 is 46.6 Å². The standard InChI is InChI=1S/C18H14Cl3FN4OS/c1-9(17(27)23-2)28-18-25-24-16(12-5-3-10(19)7-13(12)20)26(18)11-4-6-15(22)14(21)8-11/h3-9H,1-2H3,(H,23,27). The maximum atomic E-state index is 13.7. The highest BCUT2D eigenvalue weighted by molar-refractivity contribution is 8.00. The maximum Gasteiger partial charge on any atom is 0.233 e. The minimum Gasteiger partial charge on any atom is -0.358 e. The van der Waals surface area contributed by atoms with E-state index in [1.54, 1.807) is 42.8 Å². The molecule has 0 bridgehead atoms. The Balaban J connectivity index is 2.17. The summed E-state index contributed by atoms with van der Waals surface area (Å²) in [6.07, 6.45) is 0. The lowest BCUT2D eigenvalue weighted by Gasteiger charge is -2.14. The highest BCUT2D eigenvalue weighted by Crippen LogP contribution is 2.35. The lowest BCUT2D eigenvalue weighted by molar-refractivity contribution is -0.119. The number of amides is 1. The molecule has 0 saturated heterocycles. The van der Waals surface area contributed by atoms with Crippen LogP contribution in [0.4, 0.5) is 4.39 Å². The Morgan fingerprint density at radius 2 is 1.89 bits per heavy atom. The van der Waals surface area contributed by atoms with Crippen LogP contribution in [-0.4, -0.2) is 33.0 Å². The van der Waals surface area contributed by atoms with E-state index in [-0.39, 0.29) is 10.9 Å². The van der Waals surface area contributed by atoms with Crippen molar-refractivity contribution in [3.63, 3.8) is 0 Å². The van der Waals surface area contributed by atoms with E-state index < -0.39 is 11.1 Å². The molecule has 0 aliphatic rings. The van der Waals surface area contributed by atoms with Crippen molar-refractivity contribution >= 4 is 52.5 Å². The zero-order valence-electron chi connectivity index (χ0n) is 14.7. The van der Waals surface area contributed by atoms with Gasteiger partial charge in [-0.1, -0.05) is 46.6 Å². The normalized spacial score (nSPS) is 12.1. The molecule has 1 atom stereocenters. The Bertz CT molecular complexity index is 1040. The first-order chi connectivity index (χ1) is 13.3. The van der Waals surface area contributed by atoms with Gasteiger partial charge in [-0.15, -0.1) is 10.2 Å². The van der Waals surface area contributed by atoms with Crippen LogP contribution < -0.4 is 5.32 Å². The number of aromatic nitrogens is 3. The Hall–Kier alpha value is -1.80. The number of nitrogens with zero attached hydrogens (tertiary/aromatic N) is 3. The molecule has 3 aromatic rings. The van der Waals surface area contributed by atoms with Crippen LogP contribution in [0.3, 0.4) is 0 Å². The van der Waals surface area contributed by atoms with E-state index in [1.807, 2.05) is 0 Å². The number of carbonyl (C=O) groups excluding carboxylic acids is 1. The number of hydrogen-bond acceptors (Lipinski definition) is 4. The maximum absolute atomic E-state index is 13.7. The lowest BCUT2D eigenvalue weighted by Crippen LogP contribution is -2.27. The van der Waals surface area contributed by atoms with Crippen molar-refractivity contribution in [2.75, 3.05) is 7.05 Å². The fourth-order valence-corrected chi connectivity index (χ4v) is 4.06. The van der Waals surface area contributed by atoms with Crippen molar-refractivity contribution in [3.8, 4) is 17.1 Å². The molecular weight excluding hydrogens is 446 g/mol. The minimum absolute atomic E-state index is 0.0466. The fraction of sp³-hybridized carbons (Fsp3) is 0.167. The summed E-state index contributed by atoms with van der Waals surface area (Å²) in [5, 5.41) is 11.8. The molecule has 0 spiro atoms. The second-order valence-electron chi connectivity index (χ2n) is 5.74. The van der Waals surface area contributed by atoms with Crippen molar-refractivity contribution < 1.29 is 9.18 Å². The first-order valence-electron chi connectivity index (χ1n) is 8.06. The molecule has 2 aromatic carbocycles. The molecule has 1 amide bonds. The Labute approximate surface area is 180 Å². The summed E-state index contributed by atoms with van der Waals surface area (Å²) in [4.78, 5) is 11.9. The number of thioether (sulfide) groups is 1.